The number of anilines is 1. The Morgan fingerprint density at radius 1 is 1.25 bits per heavy atom. The van der Waals surface area contributed by atoms with Crippen LogP contribution in [0.2, 0.25) is 0 Å². The van der Waals surface area contributed by atoms with Crippen LogP contribution in [0.5, 0.6) is 0 Å². The van der Waals surface area contributed by atoms with Crippen molar-refractivity contribution < 1.29 is 0 Å². The zero-order valence-corrected chi connectivity index (χ0v) is 13.7. The molecule has 0 radical (unpaired) electrons. The first-order valence-corrected chi connectivity index (χ1v) is 8.17. The lowest BCUT2D eigenvalue weighted by Crippen LogP contribution is -2.03. The lowest BCUT2D eigenvalue weighted by Gasteiger charge is -2.10. The minimum Gasteiger partial charge on any atom is -0.370 e. The van der Waals surface area contributed by atoms with E-state index in [-0.39, 0.29) is 0 Å². The Morgan fingerprint density at radius 2 is 2.10 bits per heavy atom. The summed E-state index contributed by atoms with van der Waals surface area (Å²) in [6, 6.07) is 6.08. The highest BCUT2D eigenvalue weighted by molar-refractivity contribution is 9.10. The zero-order valence-electron chi connectivity index (χ0n) is 11.3. The van der Waals surface area contributed by atoms with Gasteiger partial charge in [-0.15, -0.1) is 0 Å². The van der Waals surface area contributed by atoms with Gasteiger partial charge in [0.1, 0.15) is 5.82 Å². The summed E-state index contributed by atoms with van der Waals surface area (Å²) in [5.41, 5.74) is 3.28. The number of fused-ring (bicyclic) bond motifs is 1. The largest absolute Gasteiger partial charge is 0.370 e. The standard InChI is InChI=1S/C15H14BrN3S/c1-3-17-14-11-6-10(16)4-5-13(11)18-15(19-14)12-8-20-7-9(12)2/h4-8H,3H2,1-2H3,(H,17,18,19). The molecule has 2 heterocycles. The molecule has 1 N–H and O–H groups in total. The van der Waals surface area contributed by atoms with Gasteiger partial charge in [-0.05, 0) is 43.0 Å². The molecule has 0 bridgehead atoms. The van der Waals surface area contributed by atoms with Gasteiger partial charge in [0, 0.05) is 27.3 Å². The van der Waals surface area contributed by atoms with Crippen molar-refractivity contribution in [1.29, 1.82) is 0 Å². The number of nitrogens with zero attached hydrogens (tertiary/aromatic N) is 2. The van der Waals surface area contributed by atoms with E-state index in [0.29, 0.717) is 0 Å². The monoisotopic (exact) mass is 347 g/mol. The van der Waals surface area contributed by atoms with Gasteiger partial charge in [0.25, 0.3) is 0 Å². The second-order valence-electron chi connectivity index (χ2n) is 4.56. The topological polar surface area (TPSA) is 37.8 Å². The molecule has 0 fully saturated rings. The molecule has 0 atom stereocenters. The van der Waals surface area contributed by atoms with Gasteiger partial charge in [-0.1, -0.05) is 15.9 Å². The molecule has 2 aromatic heterocycles. The van der Waals surface area contributed by atoms with Crippen LogP contribution >= 0.6 is 27.3 Å². The maximum Gasteiger partial charge on any atom is 0.163 e. The number of aryl methyl sites for hydroxylation is 1. The van der Waals surface area contributed by atoms with Crippen LogP contribution in [0.25, 0.3) is 22.3 Å². The summed E-state index contributed by atoms with van der Waals surface area (Å²) < 4.78 is 1.03. The Balaban J connectivity index is 2.25. The van der Waals surface area contributed by atoms with Gasteiger partial charge in [-0.2, -0.15) is 11.3 Å². The summed E-state index contributed by atoms with van der Waals surface area (Å²) in [5.74, 6) is 1.67. The molecule has 0 aliphatic carbocycles. The first-order valence-electron chi connectivity index (χ1n) is 6.43. The second-order valence-corrected chi connectivity index (χ2v) is 6.22. The van der Waals surface area contributed by atoms with Crippen molar-refractivity contribution >= 4 is 44.0 Å². The van der Waals surface area contributed by atoms with Crippen LogP contribution < -0.4 is 5.32 Å². The van der Waals surface area contributed by atoms with E-state index < -0.39 is 0 Å². The van der Waals surface area contributed by atoms with E-state index in [0.717, 1.165) is 39.1 Å². The van der Waals surface area contributed by atoms with Gasteiger partial charge >= 0.3 is 0 Å². The van der Waals surface area contributed by atoms with Gasteiger partial charge < -0.3 is 5.32 Å². The van der Waals surface area contributed by atoms with Crippen LogP contribution in [0.15, 0.2) is 33.4 Å². The third-order valence-electron chi connectivity index (χ3n) is 3.10. The van der Waals surface area contributed by atoms with Crippen molar-refractivity contribution in [3.63, 3.8) is 0 Å². The molecule has 0 spiro atoms. The van der Waals surface area contributed by atoms with E-state index >= 15 is 0 Å². The van der Waals surface area contributed by atoms with E-state index in [4.69, 9.17) is 9.97 Å². The second kappa shape index (κ2) is 5.50. The van der Waals surface area contributed by atoms with Crippen LogP contribution in [0.4, 0.5) is 5.82 Å². The predicted octanol–water partition coefficient (Wildman–Crippen LogP) is 4.86. The highest BCUT2D eigenvalue weighted by Crippen LogP contribution is 2.30. The summed E-state index contributed by atoms with van der Waals surface area (Å²) in [4.78, 5) is 9.40. The van der Waals surface area contributed by atoms with Crippen LogP contribution in [0.3, 0.4) is 0 Å². The lowest BCUT2D eigenvalue weighted by molar-refractivity contribution is 1.14. The fourth-order valence-corrected chi connectivity index (χ4v) is 3.30. The molecular weight excluding hydrogens is 334 g/mol. The van der Waals surface area contributed by atoms with Crippen molar-refractivity contribution in [2.75, 3.05) is 11.9 Å². The summed E-state index contributed by atoms with van der Waals surface area (Å²) in [6.45, 7) is 5.00. The average molecular weight is 348 g/mol. The summed E-state index contributed by atoms with van der Waals surface area (Å²) in [7, 11) is 0. The molecule has 0 aliphatic heterocycles. The van der Waals surface area contributed by atoms with Crippen molar-refractivity contribution in [1.82, 2.24) is 9.97 Å². The molecular formula is C15H14BrN3S. The van der Waals surface area contributed by atoms with Crippen molar-refractivity contribution in [3.05, 3.63) is 39.0 Å². The molecule has 102 valence electrons. The van der Waals surface area contributed by atoms with Gasteiger partial charge in [-0.25, -0.2) is 9.97 Å². The Hall–Kier alpha value is -1.46. The number of nitrogens with one attached hydrogen (secondary N) is 1. The van der Waals surface area contributed by atoms with Crippen molar-refractivity contribution in [2.24, 2.45) is 0 Å². The molecule has 20 heavy (non-hydrogen) atoms. The normalized spacial score (nSPS) is 10.9. The molecule has 0 saturated carbocycles. The fraction of sp³-hybridized carbons (Fsp3) is 0.200. The number of hydrogen-bond donors (Lipinski definition) is 1. The first kappa shape index (κ1) is 13.5. The molecule has 5 heteroatoms. The van der Waals surface area contributed by atoms with Gasteiger partial charge in [-0.3, -0.25) is 0 Å². The van der Waals surface area contributed by atoms with Gasteiger partial charge in [0.2, 0.25) is 0 Å². The average Bonchev–Trinajstić information content (AvgIpc) is 2.85. The minimum absolute atomic E-state index is 0.787. The number of halogens is 1. The lowest BCUT2D eigenvalue weighted by atomic mass is 10.2. The van der Waals surface area contributed by atoms with Crippen molar-refractivity contribution in [3.8, 4) is 11.4 Å². The highest BCUT2D eigenvalue weighted by Gasteiger charge is 2.11. The van der Waals surface area contributed by atoms with Gasteiger partial charge in [0.15, 0.2) is 5.82 Å². The number of aromatic nitrogens is 2. The smallest absolute Gasteiger partial charge is 0.163 e. The first-order chi connectivity index (χ1) is 9.69. The SMILES string of the molecule is CCNc1nc(-c2cscc2C)nc2ccc(Br)cc12. The molecule has 0 amide bonds. The number of rotatable bonds is 3. The molecule has 0 saturated heterocycles. The fourth-order valence-electron chi connectivity index (χ4n) is 2.11. The Morgan fingerprint density at radius 3 is 2.80 bits per heavy atom. The Labute approximate surface area is 130 Å². The van der Waals surface area contributed by atoms with E-state index in [2.05, 4.69) is 51.9 Å². The molecule has 0 unspecified atom stereocenters. The predicted molar refractivity (Wildman–Crippen MR) is 89.5 cm³/mol. The highest BCUT2D eigenvalue weighted by atomic mass is 79.9. The summed E-state index contributed by atoms with van der Waals surface area (Å²) in [6.07, 6.45) is 0. The minimum atomic E-state index is 0.787. The van der Waals surface area contributed by atoms with Crippen LogP contribution in [0, 0.1) is 6.92 Å². The Kier molecular flexibility index (Phi) is 3.72. The maximum atomic E-state index is 4.70. The van der Waals surface area contributed by atoms with Gasteiger partial charge in [0.05, 0.1) is 5.52 Å². The number of hydrogen-bond acceptors (Lipinski definition) is 4. The maximum absolute atomic E-state index is 4.70. The van der Waals surface area contributed by atoms with Crippen LogP contribution in [-0.4, -0.2) is 16.5 Å². The van der Waals surface area contributed by atoms with E-state index in [1.54, 1.807) is 11.3 Å². The van der Waals surface area contributed by atoms with E-state index in [1.807, 2.05) is 12.1 Å². The zero-order chi connectivity index (χ0) is 14.1. The molecule has 1 aromatic carbocycles. The van der Waals surface area contributed by atoms with E-state index in [9.17, 15) is 0 Å². The van der Waals surface area contributed by atoms with Crippen LogP contribution in [-0.2, 0) is 0 Å². The molecule has 3 rings (SSSR count). The summed E-state index contributed by atoms with van der Waals surface area (Å²) in [5, 5.41) is 8.60. The Bertz CT molecular complexity index is 767. The third-order valence-corrected chi connectivity index (χ3v) is 4.45. The summed E-state index contributed by atoms with van der Waals surface area (Å²) >= 11 is 5.19. The number of thiophene rings is 1. The quantitative estimate of drug-likeness (QED) is 0.734. The third kappa shape index (κ3) is 2.43. The number of benzene rings is 1. The van der Waals surface area contributed by atoms with Crippen molar-refractivity contribution in [2.45, 2.75) is 13.8 Å². The van der Waals surface area contributed by atoms with Crippen LogP contribution in [0.1, 0.15) is 12.5 Å². The molecule has 3 aromatic rings. The molecule has 3 nitrogen and oxygen atoms in total. The molecule has 0 aliphatic rings. The van der Waals surface area contributed by atoms with E-state index in [1.165, 1.54) is 5.56 Å².